The molecule has 0 fully saturated rings. The molecule has 0 aliphatic heterocycles. The lowest BCUT2D eigenvalue weighted by Gasteiger charge is -2.16. The van der Waals surface area contributed by atoms with Crippen molar-refractivity contribution >= 4 is 11.1 Å². The van der Waals surface area contributed by atoms with Crippen LogP contribution in [0.1, 0.15) is 20.8 Å². The monoisotopic (exact) mass is 149 g/mol. The third kappa shape index (κ3) is 4.60. The van der Waals surface area contributed by atoms with Crippen molar-refractivity contribution < 1.29 is 8.76 Å². The SMILES string of the molecule is CC(C)C(C)CS(=O)[O-]. The highest BCUT2D eigenvalue weighted by Crippen LogP contribution is 2.09. The second kappa shape index (κ2) is 4.01. The van der Waals surface area contributed by atoms with Gasteiger partial charge in [-0.1, -0.05) is 31.9 Å². The van der Waals surface area contributed by atoms with E-state index in [9.17, 15) is 8.76 Å². The average molecular weight is 149 g/mol. The minimum Gasteiger partial charge on any atom is -0.772 e. The molecular formula is C6H13O2S-. The molecule has 0 aliphatic carbocycles. The van der Waals surface area contributed by atoms with E-state index in [0.29, 0.717) is 5.92 Å². The van der Waals surface area contributed by atoms with Gasteiger partial charge in [-0.25, -0.2) is 0 Å². The summed E-state index contributed by atoms with van der Waals surface area (Å²) in [7, 11) is 0. The van der Waals surface area contributed by atoms with Crippen molar-refractivity contribution in [1.82, 2.24) is 0 Å². The van der Waals surface area contributed by atoms with E-state index in [-0.39, 0.29) is 11.7 Å². The molecular weight excluding hydrogens is 136 g/mol. The molecule has 2 nitrogen and oxygen atoms in total. The Morgan fingerprint density at radius 3 is 2.00 bits per heavy atom. The molecule has 0 N–H and O–H groups in total. The predicted octanol–water partition coefficient (Wildman–Crippen LogP) is 1.16. The van der Waals surface area contributed by atoms with Crippen LogP contribution >= 0.6 is 0 Å². The van der Waals surface area contributed by atoms with Crippen molar-refractivity contribution in [2.24, 2.45) is 11.8 Å². The molecule has 0 rings (SSSR count). The molecule has 0 aliphatic rings. The summed E-state index contributed by atoms with van der Waals surface area (Å²) < 4.78 is 20.2. The van der Waals surface area contributed by atoms with Crippen LogP contribution in [0.3, 0.4) is 0 Å². The molecule has 0 bridgehead atoms. The Morgan fingerprint density at radius 2 is 1.89 bits per heavy atom. The predicted molar refractivity (Wildman–Crippen MR) is 37.8 cm³/mol. The Hall–Kier alpha value is 0.110. The van der Waals surface area contributed by atoms with Gasteiger partial charge >= 0.3 is 0 Å². The summed E-state index contributed by atoms with van der Waals surface area (Å²) in [6.45, 7) is 6.00. The van der Waals surface area contributed by atoms with Gasteiger partial charge < -0.3 is 4.55 Å². The smallest absolute Gasteiger partial charge is 0.0130 e. The van der Waals surface area contributed by atoms with Crippen LogP contribution in [0, 0.1) is 11.8 Å². The first-order chi connectivity index (χ1) is 4.04. The van der Waals surface area contributed by atoms with E-state index in [1.54, 1.807) is 0 Å². The van der Waals surface area contributed by atoms with Gasteiger partial charge in [0.05, 0.1) is 0 Å². The number of hydrogen-bond acceptors (Lipinski definition) is 2. The van der Waals surface area contributed by atoms with Crippen LogP contribution in [0.2, 0.25) is 0 Å². The third-order valence-electron chi connectivity index (χ3n) is 1.54. The van der Waals surface area contributed by atoms with E-state index < -0.39 is 11.1 Å². The summed E-state index contributed by atoms with van der Waals surface area (Å²) in [5, 5.41) is 0. The van der Waals surface area contributed by atoms with E-state index >= 15 is 0 Å². The molecule has 0 radical (unpaired) electrons. The molecule has 0 amide bonds. The summed E-state index contributed by atoms with van der Waals surface area (Å²) in [5.74, 6) is 1.03. The van der Waals surface area contributed by atoms with E-state index in [2.05, 4.69) is 0 Å². The van der Waals surface area contributed by atoms with Crippen LogP contribution in [0.25, 0.3) is 0 Å². The lowest BCUT2D eigenvalue weighted by atomic mass is 10.0. The number of hydrogen-bond donors (Lipinski definition) is 0. The average Bonchev–Trinajstić information content (AvgIpc) is 1.63. The highest BCUT2D eigenvalue weighted by atomic mass is 32.2. The molecule has 0 saturated carbocycles. The normalized spacial score (nSPS) is 17.9. The van der Waals surface area contributed by atoms with Crippen molar-refractivity contribution in [1.29, 1.82) is 0 Å². The van der Waals surface area contributed by atoms with Crippen LogP contribution in [0.15, 0.2) is 0 Å². The Morgan fingerprint density at radius 1 is 1.44 bits per heavy atom. The maximum atomic E-state index is 10.1. The molecule has 0 saturated heterocycles. The zero-order chi connectivity index (χ0) is 7.44. The molecule has 9 heavy (non-hydrogen) atoms. The second-order valence-corrected chi connectivity index (χ2v) is 3.63. The summed E-state index contributed by atoms with van der Waals surface area (Å²) in [6.07, 6.45) is 0. The van der Waals surface area contributed by atoms with Gasteiger partial charge in [-0.3, -0.25) is 4.21 Å². The minimum absolute atomic E-state index is 0.281. The van der Waals surface area contributed by atoms with Crippen LogP contribution in [-0.4, -0.2) is 14.5 Å². The van der Waals surface area contributed by atoms with Crippen LogP contribution in [0.4, 0.5) is 0 Å². The van der Waals surface area contributed by atoms with Crippen LogP contribution < -0.4 is 0 Å². The zero-order valence-corrected chi connectivity index (χ0v) is 6.90. The number of rotatable bonds is 3. The molecule has 0 aromatic carbocycles. The van der Waals surface area contributed by atoms with Gasteiger partial charge in [-0.15, -0.1) is 0 Å². The molecule has 0 heterocycles. The van der Waals surface area contributed by atoms with Gasteiger partial charge in [0.2, 0.25) is 0 Å². The summed E-state index contributed by atoms with van der Waals surface area (Å²) in [5.41, 5.74) is 0. The Balaban J connectivity index is 3.50. The molecule has 56 valence electrons. The maximum absolute atomic E-state index is 10.1. The van der Waals surface area contributed by atoms with Gasteiger partial charge in [0.15, 0.2) is 0 Å². The molecule has 2 atom stereocenters. The van der Waals surface area contributed by atoms with E-state index in [1.165, 1.54) is 0 Å². The largest absolute Gasteiger partial charge is 0.772 e. The van der Waals surface area contributed by atoms with Crippen molar-refractivity contribution in [3.05, 3.63) is 0 Å². The van der Waals surface area contributed by atoms with E-state index in [4.69, 9.17) is 0 Å². The lowest BCUT2D eigenvalue weighted by Crippen LogP contribution is -2.12. The molecule has 3 heteroatoms. The van der Waals surface area contributed by atoms with Gasteiger partial charge in [0, 0.05) is 5.75 Å². The van der Waals surface area contributed by atoms with Crippen LogP contribution in [0.5, 0.6) is 0 Å². The first-order valence-corrected chi connectivity index (χ1v) is 4.34. The highest BCUT2D eigenvalue weighted by Gasteiger charge is 2.05. The first-order valence-electron chi connectivity index (χ1n) is 3.10. The van der Waals surface area contributed by atoms with E-state index in [1.807, 2.05) is 20.8 Å². The standard InChI is InChI=1S/C6H14O2S/c1-5(2)6(3)4-9(7)8/h5-6H,4H2,1-3H3,(H,7,8)/p-1. The highest BCUT2D eigenvalue weighted by molar-refractivity contribution is 7.79. The Kier molecular flexibility index (Phi) is 4.06. The maximum Gasteiger partial charge on any atom is 0.0130 e. The molecule has 0 spiro atoms. The van der Waals surface area contributed by atoms with Crippen molar-refractivity contribution in [3.63, 3.8) is 0 Å². The summed E-state index contributed by atoms with van der Waals surface area (Å²) >= 11 is -1.87. The lowest BCUT2D eigenvalue weighted by molar-refractivity contribution is 0.443. The summed E-state index contributed by atoms with van der Waals surface area (Å²) in [4.78, 5) is 0. The fraction of sp³-hybridized carbons (Fsp3) is 1.00. The van der Waals surface area contributed by atoms with Gasteiger partial charge in [0.1, 0.15) is 0 Å². The fourth-order valence-electron chi connectivity index (χ4n) is 0.407. The Labute approximate surface area is 58.9 Å². The first kappa shape index (κ1) is 9.11. The molecule has 0 aromatic rings. The van der Waals surface area contributed by atoms with Gasteiger partial charge in [-0.05, 0) is 11.8 Å². The molecule has 0 aromatic heterocycles. The minimum atomic E-state index is -1.87. The fourth-order valence-corrected chi connectivity index (χ4v) is 1.22. The molecule has 2 unspecified atom stereocenters. The quantitative estimate of drug-likeness (QED) is 0.565. The topological polar surface area (TPSA) is 40.1 Å². The van der Waals surface area contributed by atoms with Gasteiger partial charge in [-0.2, -0.15) is 0 Å². The van der Waals surface area contributed by atoms with Crippen LogP contribution in [-0.2, 0) is 11.1 Å². The van der Waals surface area contributed by atoms with Crippen molar-refractivity contribution in [2.75, 3.05) is 5.75 Å². The summed E-state index contributed by atoms with van der Waals surface area (Å²) in [6, 6.07) is 0. The second-order valence-electron chi connectivity index (χ2n) is 2.69. The van der Waals surface area contributed by atoms with E-state index in [0.717, 1.165) is 0 Å². The van der Waals surface area contributed by atoms with Crippen molar-refractivity contribution in [3.8, 4) is 0 Å². The zero-order valence-electron chi connectivity index (χ0n) is 6.09. The Bertz CT molecular complexity index is 101. The van der Waals surface area contributed by atoms with Crippen molar-refractivity contribution in [2.45, 2.75) is 20.8 Å². The third-order valence-corrected chi connectivity index (χ3v) is 2.33. The van der Waals surface area contributed by atoms with Gasteiger partial charge in [0.25, 0.3) is 0 Å².